The Morgan fingerprint density at radius 2 is 1.92 bits per heavy atom. The molecule has 1 aliphatic heterocycles. The Morgan fingerprint density at radius 3 is 2.58 bits per heavy atom. The fourth-order valence-electron chi connectivity index (χ4n) is 3.23. The Labute approximate surface area is 159 Å². The highest BCUT2D eigenvalue weighted by Gasteiger charge is 2.31. The van der Waals surface area contributed by atoms with Gasteiger partial charge in [0.05, 0.1) is 12.5 Å². The lowest BCUT2D eigenvalue weighted by Gasteiger charge is -2.38. The summed E-state index contributed by atoms with van der Waals surface area (Å²) < 4.78 is 5.83. The molecule has 1 aromatic carbocycles. The zero-order valence-electron chi connectivity index (χ0n) is 16.8. The Hall–Kier alpha value is -1.55. The maximum Gasteiger partial charge on any atom is 0.225 e. The van der Waals surface area contributed by atoms with Crippen LogP contribution in [0, 0.1) is 11.8 Å². The first-order valence-corrected chi connectivity index (χ1v) is 10.3. The molecule has 0 atom stereocenters. The second kappa shape index (κ2) is 11.2. The van der Waals surface area contributed by atoms with Crippen molar-refractivity contribution in [2.45, 2.75) is 59.4 Å². The molecule has 0 spiro atoms. The number of rotatable bonds is 12. The first kappa shape index (κ1) is 20.8. The molecule has 0 saturated carbocycles. The van der Waals surface area contributed by atoms with Gasteiger partial charge in [0.15, 0.2) is 0 Å². The summed E-state index contributed by atoms with van der Waals surface area (Å²) in [7, 11) is 0. The quantitative estimate of drug-likeness (QED) is 0.567. The van der Waals surface area contributed by atoms with E-state index in [1.165, 1.54) is 24.8 Å². The molecule has 0 unspecified atom stereocenters. The monoisotopic (exact) mass is 360 g/mol. The largest absolute Gasteiger partial charge is 0.494 e. The number of carbonyl (C=O) groups is 1. The Balaban J connectivity index is 1.59. The van der Waals surface area contributed by atoms with Crippen LogP contribution < -0.4 is 10.1 Å². The smallest absolute Gasteiger partial charge is 0.225 e. The van der Waals surface area contributed by atoms with E-state index in [1.807, 2.05) is 0 Å². The number of carbonyl (C=O) groups excluding carboxylic acids is 1. The van der Waals surface area contributed by atoms with E-state index in [1.54, 1.807) is 0 Å². The fraction of sp³-hybridized carbons (Fsp3) is 0.682. The molecule has 1 heterocycles. The van der Waals surface area contributed by atoms with Crippen LogP contribution in [0.4, 0.5) is 0 Å². The summed E-state index contributed by atoms with van der Waals surface area (Å²) in [6.07, 6.45) is 5.98. The minimum absolute atomic E-state index is 0.167. The zero-order chi connectivity index (χ0) is 18.8. The first-order valence-electron chi connectivity index (χ1n) is 10.3. The van der Waals surface area contributed by atoms with Crippen LogP contribution in [0.3, 0.4) is 0 Å². The number of hydrogen-bond donors (Lipinski definition) is 1. The predicted molar refractivity (Wildman–Crippen MR) is 107 cm³/mol. The highest BCUT2D eigenvalue weighted by Crippen LogP contribution is 2.20. The molecule has 146 valence electrons. The van der Waals surface area contributed by atoms with Gasteiger partial charge in [0, 0.05) is 26.2 Å². The highest BCUT2D eigenvalue weighted by atomic mass is 16.5. The summed E-state index contributed by atoms with van der Waals surface area (Å²) in [6.45, 7) is 10.9. The van der Waals surface area contributed by atoms with E-state index < -0.39 is 0 Å². The number of likely N-dealkylation sites (tertiary alicyclic amines) is 1. The number of hydrogen-bond acceptors (Lipinski definition) is 3. The number of nitrogens with one attached hydrogen (secondary N) is 1. The zero-order valence-corrected chi connectivity index (χ0v) is 16.8. The van der Waals surface area contributed by atoms with Crippen molar-refractivity contribution in [1.29, 1.82) is 0 Å². The average molecular weight is 361 g/mol. The second-order valence-electron chi connectivity index (χ2n) is 7.92. The predicted octanol–water partition coefficient (Wildman–Crippen LogP) is 4.24. The number of amides is 1. The second-order valence-corrected chi connectivity index (χ2v) is 7.92. The molecule has 0 aliphatic carbocycles. The lowest BCUT2D eigenvalue weighted by Crippen LogP contribution is -2.53. The van der Waals surface area contributed by atoms with Crippen LogP contribution in [-0.2, 0) is 11.3 Å². The molecule has 26 heavy (non-hydrogen) atoms. The minimum atomic E-state index is 0.167. The normalized spacial score (nSPS) is 15.1. The lowest BCUT2D eigenvalue weighted by atomic mass is 9.98. The van der Waals surface area contributed by atoms with Gasteiger partial charge in [-0.1, -0.05) is 52.2 Å². The van der Waals surface area contributed by atoms with Crippen LogP contribution in [0.25, 0.3) is 0 Å². The molecule has 1 N–H and O–H groups in total. The number of nitrogens with zero attached hydrogens (tertiary/aromatic N) is 1. The summed E-state index contributed by atoms with van der Waals surface area (Å²) in [5.74, 6) is 2.13. The summed E-state index contributed by atoms with van der Waals surface area (Å²) in [6, 6.07) is 8.40. The van der Waals surface area contributed by atoms with Gasteiger partial charge in [-0.3, -0.25) is 9.69 Å². The summed E-state index contributed by atoms with van der Waals surface area (Å²) in [4.78, 5) is 14.2. The molecule has 1 saturated heterocycles. The van der Waals surface area contributed by atoms with Crippen molar-refractivity contribution in [3.63, 3.8) is 0 Å². The van der Waals surface area contributed by atoms with Gasteiger partial charge in [-0.25, -0.2) is 0 Å². The maximum absolute atomic E-state index is 11.9. The van der Waals surface area contributed by atoms with E-state index in [4.69, 9.17) is 4.74 Å². The van der Waals surface area contributed by atoms with E-state index >= 15 is 0 Å². The van der Waals surface area contributed by atoms with Crippen LogP contribution in [0.5, 0.6) is 5.75 Å². The standard InChI is InChI=1S/C22H36N2O2/c1-4-13-23-22(25)20-16-24(17-20)15-19-9-11-21(12-10-19)26-14-7-5-6-8-18(2)3/h9-12,18,20H,4-8,13-17H2,1-3H3,(H,23,25). The summed E-state index contributed by atoms with van der Waals surface area (Å²) >= 11 is 0. The molecule has 1 amide bonds. The number of benzene rings is 1. The first-order chi connectivity index (χ1) is 12.6. The molecule has 1 aromatic rings. The molecular weight excluding hydrogens is 324 g/mol. The molecule has 2 rings (SSSR count). The van der Waals surface area contributed by atoms with Crippen molar-refractivity contribution in [3.8, 4) is 5.75 Å². The van der Waals surface area contributed by atoms with Gasteiger partial charge in [0.25, 0.3) is 0 Å². The van der Waals surface area contributed by atoms with E-state index in [0.29, 0.717) is 0 Å². The lowest BCUT2D eigenvalue weighted by molar-refractivity contribution is -0.130. The van der Waals surface area contributed by atoms with Crippen LogP contribution >= 0.6 is 0 Å². The van der Waals surface area contributed by atoms with E-state index in [2.05, 4.69) is 55.3 Å². The average Bonchev–Trinajstić information content (AvgIpc) is 2.59. The van der Waals surface area contributed by atoms with E-state index in [-0.39, 0.29) is 11.8 Å². The van der Waals surface area contributed by atoms with Crippen molar-refractivity contribution < 1.29 is 9.53 Å². The fourth-order valence-corrected chi connectivity index (χ4v) is 3.23. The number of unbranched alkanes of at least 4 members (excludes halogenated alkanes) is 2. The van der Waals surface area contributed by atoms with E-state index in [0.717, 1.165) is 57.3 Å². The van der Waals surface area contributed by atoms with Gasteiger partial charge in [0.1, 0.15) is 5.75 Å². The van der Waals surface area contributed by atoms with Crippen molar-refractivity contribution in [2.24, 2.45) is 11.8 Å². The molecule has 1 fully saturated rings. The third-order valence-electron chi connectivity index (χ3n) is 4.90. The summed E-state index contributed by atoms with van der Waals surface area (Å²) in [5, 5.41) is 2.98. The molecule has 1 aliphatic rings. The van der Waals surface area contributed by atoms with Crippen LogP contribution in [0.2, 0.25) is 0 Å². The van der Waals surface area contributed by atoms with Gasteiger partial charge in [0.2, 0.25) is 5.91 Å². The molecule has 0 aromatic heterocycles. The third-order valence-corrected chi connectivity index (χ3v) is 4.90. The minimum Gasteiger partial charge on any atom is -0.494 e. The van der Waals surface area contributed by atoms with Crippen molar-refractivity contribution in [3.05, 3.63) is 29.8 Å². The Bertz CT molecular complexity index is 521. The topological polar surface area (TPSA) is 41.6 Å². The Morgan fingerprint density at radius 1 is 1.19 bits per heavy atom. The van der Waals surface area contributed by atoms with Crippen LogP contribution in [0.1, 0.15) is 58.4 Å². The van der Waals surface area contributed by atoms with Gasteiger partial charge >= 0.3 is 0 Å². The molecular formula is C22H36N2O2. The molecule has 0 bridgehead atoms. The van der Waals surface area contributed by atoms with Gasteiger partial charge in [-0.15, -0.1) is 0 Å². The van der Waals surface area contributed by atoms with Crippen molar-refractivity contribution >= 4 is 5.91 Å². The van der Waals surface area contributed by atoms with Gasteiger partial charge in [-0.2, -0.15) is 0 Å². The third kappa shape index (κ3) is 7.36. The highest BCUT2D eigenvalue weighted by molar-refractivity contribution is 5.79. The van der Waals surface area contributed by atoms with Crippen molar-refractivity contribution in [1.82, 2.24) is 10.2 Å². The SMILES string of the molecule is CCCNC(=O)C1CN(Cc2ccc(OCCCCCC(C)C)cc2)C1. The van der Waals surface area contributed by atoms with E-state index in [9.17, 15) is 4.79 Å². The Kier molecular flexibility index (Phi) is 8.96. The molecule has 0 radical (unpaired) electrons. The number of ether oxygens (including phenoxy) is 1. The van der Waals surface area contributed by atoms with Crippen molar-refractivity contribution in [2.75, 3.05) is 26.2 Å². The van der Waals surface area contributed by atoms with Crippen LogP contribution in [0.15, 0.2) is 24.3 Å². The van der Waals surface area contributed by atoms with Gasteiger partial charge < -0.3 is 10.1 Å². The van der Waals surface area contributed by atoms with Crippen LogP contribution in [-0.4, -0.2) is 37.0 Å². The van der Waals surface area contributed by atoms with Gasteiger partial charge in [-0.05, 0) is 36.5 Å². The maximum atomic E-state index is 11.9. The summed E-state index contributed by atoms with van der Waals surface area (Å²) in [5.41, 5.74) is 1.28. The molecule has 4 nitrogen and oxygen atoms in total. The molecule has 4 heteroatoms.